The molecule has 0 N–H and O–H groups in total. The van der Waals surface area contributed by atoms with E-state index < -0.39 is 0 Å². The Hall–Kier alpha value is -1.58. The van der Waals surface area contributed by atoms with E-state index in [0.717, 1.165) is 18.7 Å². The number of rotatable bonds is 3. The summed E-state index contributed by atoms with van der Waals surface area (Å²) < 4.78 is 0. The van der Waals surface area contributed by atoms with Crippen molar-refractivity contribution in [2.45, 2.75) is 38.1 Å². The maximum Gasteiger partial charge on any atom is 0.272 e. The van der Waals surface area contributed by atoms with Crippen LogP contribution in [0.15, 0.2) is 18.2 Å². The Bertz CT molecular complexity index is 439. The van der Waals surface area contributed by atoms with Gasteiger partial charge in [-0.05, 0) is 25.0 Å². The van der Waals surface area contributed by atoms with E-state index in [-0.39, 0.29) is 5.91 Å². The molecule has 0 radical (unpaired) electrons. The van der Waals surface area contributed by atoms with Crippen LogP contribution in [0.4, 0.5) is 5.82 Å². The molecule has 0 unspecified atom stereocenters. The van der Waals surface area contributed by atoms with E-state index in [2.05, 4.69) is 4.98 Å². The first-order valence-electron chi connectivity index (χ1n) is 7.01. The molecule has 104 valence electrons. The molecule has 0 bridgehead atoms. The van der Waals surface area contributed by atoms with Crippen molar-refractivity contribution >= 4 is 11.7 Å². The molecule has 0 atom stereocenters. The van der Waals surface area contributed by atoms with Crippen molar-refractivity contribution in [3.8, 4) is 0 Å². The topological polar surface area (TPSA) is 36.4 Å². The fraction of sp³-hybridized carbons (Fsp3) is 0.600. The van der Waals surface area contributed by atoms with Gasteiger partial charge < -0.3 is 9.80 Å². The fourth-order valence-electron chi connectivity index (χ4n) is 2.61. The molecule has 4 nitrogen and oxygen atoms in total. The second kappa shape index (κ2) is 6.04. The molecule has 1 heterocycles. The number of anilines is 1. The van der Waals surface area contributed by atoms with Gasteiger partial charge in [0.2, 0.25) is 0 Å². The van der Waals surface area contributed by atoms with Crippen LogP contribution in [0, 0.1) is 0 Å². The largest absolute Gasteiger partial charge is 0.363 e. The van der Waals surface area contributed by atoms with Crippen LogP contribution in [-0.2, 0) is 0 Å². The number of pyridine rings is 1. The number of hydrogen-bond acceptors (Lipinski definition) is 3. The first-order valence-corrected chi connectivity index (χ1v) is 7.01. The van der Waals surface area contributed by atoms with Crippen LogP contribution in [0.1, 0.15) is 42.6 Å². The third kappa shape index (κ3) is 3.25. The average molecular weight is 261 g/mol. The minimum Gasteiger partial charge on any atom is -0.363 e. The van der Waals surface area contributed by atoms with Gasteiger partial charge in [-0.2, -0.15) is 0 Å². The van der Waals surface area contributed by atoms with Gasteiger partial charge in [-0.15, -0.1) is 0 Å². The highest BCUT2D eigenvalue weighted by molar-refractivity contribution is 5.92. The minimum atomic E-state index is 0.0376. The van der Waals surface area contributed by atoms with Crippen LogP contribution in [0.2, 0.25) is 0 Å². The van der Waals surface area contributed by atoms with Gasteiger partial charge in [-0.25, -0.2) is 4.98 Å². The van der Waals surface area contributed by atoms with E-state index in [0.29, 0.717) is 11.7 Å². The molecule has 1 aromatic rings. The highest BCUT2D eigenvalue weighted by Crippen LogP contribution is 2.22. The molecule has 0 saturated heterocycles. The summed E-state index contributed by atoms with van der Waals surface area (Å²) in [5, 5.41) is 0. The summed E-state index contributed by atoms with van der Waals surface area (Å²) in [5.41, 5.74) is 0.541. The molecule has 0 spiro atoms. The second-order valence-electron chi connectivity index (χ2n) is 5.48. The lowest BCUT2D eigenvalue weighted by Crippen LogP contribution is -2.38. The Morgan fingerprint density at radius 2 is 1.84 bits per heavy atom. The van der Waals surface area contributed by atoms with Crippen LogP contribution in [0.3, 0.4) is 0 Å². The lowest BCUT2D eigenvalue weighted by molar-refractivity contribution is 0.0690. The SMILES string of the molecule is CN(C)c1cccc(C(=O)N(C)C2CCCCC2)n1. The maximum absolute atomic E-state index is 12.5. The minimum absolute atomic E-state index is 0.0376. The Kier molecular flexibility index (Phi) is 4.40. The Morgan fingerprint density at radius 3 is 2.47 bits per heavy atom. The number of carbonyl (C=O) groups is 1. The van der Waals surface area contributed by atoms with Crippen LogP contribution < -0.4 is 4.90 Å². The summed E-state index contributed by atoms with van der Waals surface area (Å²) in [5.74, 6) is 0.860. The van der Waals surface area contributed by atoms with Crippen molar-refractivity contribution in [1.29, 1.82) is 0 Å². The molecule has 0 aromatic carbocycles. The van der Waals surface area contributed by atoms with Gasteiger partial charge in [-0.3, -0.25) is 4.79 Å². The zero-order chi connectivity index (χ0) is 13.8. The molecule has 1 aromatic heterocycles. The summed E-state index contributed by atoms with van der Waals surface area (Å²) in [6, 6.07) is 5.99. The first kappa shape index (κ1) is 13.8. The lowest BCUT2D eigenvalue weighted by atomic mass is 9.94. The smallest absolute Gasteiger partial charge is 0.272 e. The van der Waals surface area contributed by atoms with Crippen molar-refractivity contribution in [2.75, 3.05) is 26.0 Å². The van der Waals surface area contributed by atoms with Gasteiger partial charge in [0.25, 0.3) is 5.91 Å². The maximum atomic E-state index is 12.5. The van der Waals surface area contributed by atoms with E-state index >= 15 is 0 Å². The molecular formula is C15H23N3O. The third-order valence-electron chi connectivity index (χ3n) is 3.85. The Morgan fingerprint density at radius 1 is 1.16 bits per heavy atom. The number of carbonyl (C=O) groups excluding carboxylic acids is 1. The summed E-state index contributed by atoms with van der Waals surface area (Å²) in [4.78, 5) is 20.7. The molecular weight excluding hydrogens is 238 g/mol. The van der Waals surface area contributed by atoms with E-state index in [1.54, 1.807) is 6.07 Å². The van der Waals surface area contributed by atoms with Crippen molar-refractivity contribution < 1.29 is 4.79 Å². The van der Waals surface area contributed by atoms with Crippen LogP contribution in [0.5, 0.6) is 0 Å². The molecule has 1 saturated carbocycles. The van der Waals surface area contributed by atoms with Gasteiger partial charge >= 0.3 is 0 Å². The summed E-state index contributed by atoms with van der Waals surface area (Å²) in [6.45, 7) is 0. The van der Waals surface area contributed by atoms with Crippen LogP contribution in [0.25, 0.3) is 0 Å². The Labute approximate surface area is 115 Å². The summed E-state index contributed by atoms with van der Waals surface area (Å²) in [6.07, 6.45) is 6.00. The highest BCUT2D eigenvalue weighted by atomic mass is 16.2. The quantitative estimate of drug-likeness (QED) is 0.839. The average Bonchev–Trinajstić information content (AvgIpc) is 2.46. The number of amides is 1. The van der Waals surface area contributed by atoms with Crippen molar-refractivity contribution in [2.24, 2.45) is 0 Å². The van der Waals surface area contributed by atoms with Gasteiger partial charge in [0.05, 0.1) is 0 Å². The van der Waals surface area contributed by atoms with Crippen LogP contribution >= 0.6 is 0 Å². The molecule has 1 aliphatic carbocycles. The van der Waals surface area contributed by atoms with Gasteiger partial charge in [0, 0.05) is 27.2 Å². The highest BCUT2D eigenvalue weighted by Gasteiger charge is 2.23. The standard InChI is InChI=1S/C15H23N3O/c1-17(2)14-11-7-10-13(16-14)15(19)18(3)12-8-5-4-6-9-12/h7,10-12H,4-6,8-9H2,1-3H3. The lowest BCUT2D eigenvalue weighted by Gasteiger charge is -2.31. The van der Waals surface area contributed by atoms with Gasteiger partial charge in [-0.1, -0.05) is 25.3 Å². The third-order valence-corrected chi connectivity index (χ3v) is 3.85. The Balaban J connectivity index is 2.11. The van der Waals surface area contributed by atoms with Gasteiger partial charge in [0.1, 0.15) is 11.5 Å². The van der Waals surface area contributed by atoms with Crippen molar-refractivity contribution in [3.05, 3.63) is 23.9 Å². The molecule has 0 aliphatic heterocycles. The number of hydrogen-bond donors (Lipinski definition) is 0. The molecule has 1 amide bonds. The molecule has 1 fully saturated rings. The monoisotopic (exact) mass is 261 g/mol. The van der Waals surface area contributed by atoms with E-state index in [1.165, 1.54) is 19.3 Å². The number of nitrogens with zero attached hydrogens (tertiary/aromatic N) is 3. The normalized spacial score (nSPS) is 16.2. The number of aromatic nitrogens is 1. The molecule has 2 rings (SSSR count). The zero-order valence-corrected chi connectivity index (χ0v) is 12.1. The predicted octanol–water partition coefficient (Wildman–Crippen LogP) is 2.55. The van der Waals surface area contributed by atoms with Crippen molar-refractivity contribution in [1.82, 2.24) is 9.88 Å². The fourth-order valence-corrected chi connectivity index (χ4v) is 2.61. The second-order valence-corrected chi connectivity index (χ2v) is 5.48. The van der Waals surface area contributed by atoms with E-state index in [1.807, 2.05) is 43.1 Å². The molecule has 19 heavy (non-hydrogen) atoms. The summed E-state index contributed by atoms with van der Waals surface area (Å²) in [7, 11) is 5.77. The van der Waals surface area contributed by atoms with Crippen LogP contribution in [-0.4, -0.2) is 43.0 Å². The van der Waals surface area contributed by atoms with Gasteiger partial charge in [0.15, 0.2) is 0 Å². The predicted molar refractivity (Wildman–Crippen MR) is 77.5 cm³/mol. The molecule has 1 aliphatic rings. The molecule has 4 heteroatoms. The van der Waals surface area contributed by atoms with E-state index in [4.69, 9.17) is 0 Å². The summed E-state index contributed by atoms with van der Waals surface area (Å²) >= 11 is 0. The van der Waals surface area contributed by atoms with E-state index in [9.17, 15) is 4.79 Å². The van der Waals surface area contributed by atoms with Crippen molar-refractivity contribution in [3.63, 3.8) is 0 Å². The first-order chi connectivity index (χ1) is 9.09. The zero-order valence-electron chi connectivity index (χ0n) is 12.1.